The molecule has 2 aliphatic heterocycles. The Hall–Kier alpha value is -4.63. The Morgan fingerprint density at radius 3 is 2.22 bits per heavy atom. The standard InChI is InChI=1S/C40H49NO8/c1-9-25(2)35(44-8)34(42)26(3)31-20-30-33(38-37(47-24-48-38)27(4)36(30)46-22-29-18-14-11-15-19-29)32(41(31)39(43)49-40(5,6)7)23-45-21-28-16-12-10-13-17-28/h9-19,26,31-32,42H,20-24H2,1-8H3/b25-9-,35-34-/t26?,31-,32-/m0/s1. The molecule has 3 aromatic carbocycles. The molecular formula is C40H49NO8. The van der Waals surface area contributed by atoms with E-state index in [0.717, 1.165) is 33.4 Å². The van der Waals surface area contributed by atoms with Gasteiger partial charge in [-0.05, 0) is 64.7 Å². The first-order valence-corrected chi connectivity index (χ1v) is 16.8. The third-order valence-corrected chi connectivity index (χ3v) is 9.03. The summed E-state index contributed by atoms with van der Waals surface area (Å²) in [5, 5.41) is 11.8. The van der Waals surface area contributed by atoms with Gasteiger partial charge in [-0.15, -0.1) is 0 Å². The Balaban J connectivity index is 1.69. The van der Waals surface area contributed by atoms with Gasteiger partial charge < -0.3 is 33.5 Å². The van der Waals surface area contributed by atoms with Crippen molar-refractivity contribution in [3.8, 4) is 17.2 Å². The van der Waals surface area contributed by atoms with Crippen molar-refractivity contribution in [3.63, 3.8) is 0 Å². The molecule has 49 heavy (non-hydrogen) atoms. The van der Waals surface area contributed by atoms with Crippen molar-refractivity contribution in [1.29, 1.82) is 0 Å². The minimum absolute atomic E-state index is 0.0354. The van der Waals surface area contributed by atoms with Gasteiger partial charge in [-0.25, -0.2) is 4.79 Å². The first kappa shape index (κ1) is 35.7. The normalized spacial score (nSPS) is 18.4. The average molecular weight is 672 g/mol. The minimum Gasteiger partial charge on any atom is -0.508 e. The summed E-state index contributed by atoms with van der Waals surface area (Å²) in [6.45, 7) is 14.0. The van der Waals surface area contributed by atoms with Crippen LogP contribution >= 0.6 is 0 Å². The number of benzene rings is 3. The van der Waals surface area contributed by atoms with Crippen LogP contribution in [0.2, 0.25) is 0 Å². The maximum absolute atomic E-state index is 14.4. The number of methoxy groups -OCH3 is 1. The Bertz CT molecular complexity index is 1680. The van der Waals surface area contributed by atoms with E-state index in [2.05, 4.69) is 0 Å². The Kier molecular flexibility index (Phi) is 11.1. The molecule has 262 valence electrons. The second-order valence-electron chi connectivity index (χ2n) is 13.5. The van der Waals surface area contributed by atoms with Gasteiger partial charge in [-0.1, -0.05) is 73.7 Å². The van der Waals surface area contributed by atoms with E-state index in [1.54, 1.807) is 4.90 Å². The first-order valence-electron chi connectivity index (χ1n) is 16.8. The van der Waals surface area contributed by atoms with Crippen molar-refractivity contribution in [2.24, 2.45) is 5.92 Å². The molecule has 0 spiro atoms. The molecule has 0 bridgehead atoms. The molecule has 5 rings (SSSR count). The van der Waals surface area contributed by atoms with Crippen LogP contribution in [0.15, 0.2) is 83.8 Å². The number of aliphatic hydroxyl groups excluding tert-OH is 1. The Morgan fingerprint density at radius 2 is 1.63 bits per heavy atom. The lowest BCUT2D eigenvalue weighted by Crippen LogP contribution is -2.53. The number of ether oxygens (including phenoxy) is 6. The largest absolute Gasteiger partial charge is 0.508 e. The fourth-order valence-corrected chi connectivity index (χ4v) is 6.51. The highest BCUT2D eigenvalue weighted by molar-refractivity contribution is 5.73. The maximum atomic E-state index is 14.4. The first-order chi connectivity index (χ1) is 23.4. The van der Waals surface area contributed by atoms with E-state index in [9.17, 15) is 9.90 Å². The molecule has 0 saturated heterocycles. The van der Waals surface area contributed by atoms with Gasteiger partial charge in [0.25, 0.3) is 0 Å². The van der Waals surface area contributed by atoms with E-state index in [1.165, 1.54) is 7.11 Å². The van der Waals surface area contributed by atoms with Crippen molar-refractivity contribution < 1.29 is 38.3 Å². The van der Waals surface area contributed by atoms with Crippen LogP contribution in [0.1, 0.15) is 75.4 Å². The summed E-state index contributed by atoms with van der Waals surface area (Å²) in [7, 11) is 1.53. The van der Waals surface area contributed by atoms with Crippen LogP contribution in [0.4, 0.5) is 4.79 Å². The van der Waals surface area contributed by atoms with Gasteiger partial charge in [0.15, 0.2) is 17.3 Å². The van der Waals surface area contributed by atoms with E-state index in [1.807, 2.05) is 115 Å². The topological polar surface area (TPSA) is 95.9 Å². The molecule has 2 heterocycles. The van der Waals surface area contributed by atoms with E-state index in [-0.39, 0.29) is 19.2 Å². The number of hydrogen-bond acceptors (Lipinski definition) is 8. The predicted molar refractivity (Wildman–Crippen MR) is 188 cm³/mol. The zero-order valence-electron chi connectivity index (χ0n) is 29.9. The second-order valence-corrected chi connectivity index (χ2v) is 13.5. The van der Waals surface area contributed by atoms with E-state index in [4.69, 9.17) is 28.4 Å². The third kappa shape index (κ3) is 7.83. The fraction of sp³-hybridized carbons (Fsp3) is 0.425. The minimum atomic E-state index is -0.781. The monoisotopic (exact) mass is 671 g/mol. The smallest absolute Gasteiger partial charge is 0.411 e. The summed E-state index contributed by atoms with van der Waals surface area (Å²) in [5.74, 6) is 1.64. The van der Waals surface area contributed by atoms with Crippen molar-refractivity contribution >= 4 is 6.09 Å². The van der Waals surface area contributed by atoms with Gasteiger partial charge in [-0.3, -0.25) is 4.90 Å². The van der Waals surface area contributed by atoms with Crippen LogP contribution in [-0.4, -0.2) is 48.3 Å². The molecule has 0 radical (unpaired) electrons. The van der Waals surface area contributed by atoms with Crippen LogP contribution in [-0.2, 0) is 33.8 Å². The summed E-state index contributed by atoms with van der Waals surface area (Å²) in [5.41, 5.74) is 4.45. The highest BCUT2D eigenvalue weighted by Gasteiger charge is 2.48. The van der Waals surface area contributed by atoms with Crippen molar-refractivity contribution in [2.45, 2.75) is 85.8 Å². The van der Waals surface area contributed by atoms with Crippen LogP contribution in [0, 0.1) is 12.8 Å². The van der Waals surface area contributed by atoms with Crippen LogP contribution in [0.25, 0.3) is 0 Å². The summed E-state index contributed by atoms with van der Waals surface area (Å²) in [4.78, 5) is 16.1. The molecule has 0 saturated carbocycles. The predicted octanol–water partition coefficient (Wildman–Crippen LogP) is 8.74. The summed E-state index contributed by atoms with van der Waals surface area (Å²) >= 11 is 0. The van der Waals surface area contributed by atoms with Gasteiger partial charge in [0.1, 0.15) is 23.7 Å². The number of allylic oxidation sites excluding steroid dienone is 2. The number of nitrogens with zero attached hydrogens (tertiary/aromatic N) is 1. The number of fused-ring (bicyclic) bond motifs is 3. The SMILES string of the molecule is C/C=C(C)\C(OC)=C(\O)C(C)[C@@H]1Cc2c(OCc3ccccc3)c(C)c3c(c2[C@H](COCc2ccccc2)N1C(=O)OC(C)(C)C)OCO3. The Morgan fingerprint density at radius 1 is 1.02 bits per heavy atom. The number of aliphatic hydroxyl groups is 1. The van der Waals surface area contributed by atoms with Gasteiger partial charge in [0.05, 0.1) is 26.4 Å². The molecule has 9 heteroatoms. The number of rotatable bonds is 11. The molecule has 0 fully saturated rings. The zero-order chi connectivity index (χ0) is 35.3. The lowest BCUT2D eigenvalue weighted by molar-refractivity contribution is -0.0277. The summed E-state index contributed by atoms with van der Waals surface area (Å²) < 4.78 is 37.0. The average Bonchev–Trinajstić information content (AvgIpc) is 3.58. The molecule has 0 aromatic heterocycles. The Labute approximate surface area is 290 Å². The third-order valence-electron chi connectivity index (χ3n) is 9.03. The molecule has 0 aliphatic carbocycles. The molecule has 1 amide bonds. The van der Waals surface area contributed by atoms with E-state index < -0.39 is 29.7 Å². The summed E-state index contributed by atoms with van der Waals surface area (Å²) in [6, 6.07) is 18.6. The van der Waals surface area contributed by atoms with E-state index >= 15 is 0 Å². The molecule has 9 nitrogen and oxygen atoms in total. The number of amides is 1. The quantitative estimate of drug-likeness (QED) is 0.160. The van der Waals surface area contributed by atoms with Crippen molar-refractivity contribution in [3.05, 3.63) is 112 Å². The van der Waals surface area contributed by atoms with E-state index in [0.29, 0.717) is 42.6 Å². The lowest BCUT2D eigenvalue weighted by atomic mass is 9.80. The lowest BCUT2D eigenvalue weighted by Gasteiger charge is -2.46. The fourth-order valence-electron chi connectivity index (χ4n) is 6.51. The molecule has 3 atom stereocenters. The number of hydrogen-bond donors (Lipinski definition) is 1. The highest BCUT2D eigenvalue weighted by Crippen LogP contribution is 2.54. The van der Waals surface area contributed by atoms with Crippen LogP contribution in [0.3, 0.4) is 0 Å². The maximum Gasteiger partial charge on any atom is 0.411 e. The van der Waals surface area contributed by atoms with Gasteiger partial charge in [0.2, 0.25) is 6.79 Å². The van der Waals surface area contributed by atoms with Crippen LogP contribution < -0.4 is 14.2 Å². The van der Waals surface area contributed by atoms with Crippen molar-refractivity contribution in [1.82, 2.24) is 4.90 Å². The summed E-state index contributed by atoms with van der Waals surface area (Å²) in [6.07, 6.45) is 1.68. The van der Waals surface area contributed by atoms with Gasteiger partial charge in [0, 0.05) is 28.7 Å². The van der Waals surface area contributed by atoms with Gasteiger partial charge >= 0.3 is 6.09 Å². The van der Waals surface area contributed by atoms with Crippen molar-refractivity contribution in [2.75, 3.05) is 20.5 Å². The highest BCUT2D eigenvalue weighted by atomic mass is 16.7. The molecule has 2 aliphatic rings. The molecular weight excluding hydrogens is 622 g/mol. The van der Waals surface area contributed by atoms with Crippen LogP contribution in [0.5, 0.6) is 17.2 Å². The zero-order valence-corrected chi connectivity index (χ0v) is 29.9. The number of carbonyl (C=O) groups excluding carboxylic acids is 1. The molecule has 3 aromatic rings. The molecule has 1 unspecified atom stereocenters. The van der Waals surface area contributed by atoms with Gasteiger partial charge in [-0.2, -0.15) is 0 Å². The second kappa shape index (κ2) is 15.3. The molecule has 1 N–H and O–H groups in total. The number of carbonyl (C=O) groups is 1.